The van der Waals surface area contributed by atoms with Gasteiger partial charge in [-0.15, -0.1) is 0 Å². The Balaban J connectivity index is 3.54. The number of methoxy groups -OCH3 is 1. The minimum absolute atomic E-state index is 0.260. The Bertz CT molecular complexity index is 128. The summed E-state index contributed by atoms with van der Waals surface area (Å²) in [7, 11) is 1.54. The van der Waals surface area contributed by atoms with Crippen molar-refractivity contribution in [2.45, 2.75) is 19.4 Å². The lowest BCUT2D eigenvalue weighted by molar-refractivity contribution is -0.150. The number of ether oxygens (including phenoxy) is 2. The van der Waals surface area contributed by atoms with E-state index in [-0.39, 0.29) is 6.61 Å². The van der Waals surface area contributed by atoms with Crippen molar-refractivity contribution in [3.8, 4) is 0 Å². The maximum atomic E-state index is 10.9. The molecule has 0 aromatic rings. The molecule has 0 spiro atoms. The van der Waals surface area contributed by atoms with Crippen molar-refractivity contribution in [1.29, 1.82) is 0 Å². The highest BCUT2D eigenvalue weighted by molar-refractivity contribution is 5.79. The highest BCUT2D eigenvalue weighted by Crippen LogP contribution is 1.99. The number of hydrogen-bond acceptors (Lipinski definition) is 4. The summed E-state index contributed by atoms with van der Waals surface area (Å²) in [5.74, 6) is -0.408. The molecule has 0 amide bonds. The molecule has 11 heavy (non-hydrogen) atoms. The van der Waals surface area contributed by atoms with Crippen LogP contribution in [0, 0.1) is 0 Å². The van der Waals surface area contributed by atoms with Crippen LogP contribution in [0.4, 0.5) is 0 Å². The van der Waals surface area contributed by atoms with Gasteiger partial charge in [-0.1, -0.05) is 0 Å². The third kappa shape index (κ3) is 4.75. The van der Waals surface area contributed by atoms with Gasteiger partial charge < -0.3 is 15.2 Å². The highest BCUT2D eigenvalue weighted by Gasteiger charge is 2.23. The Kier molecular flexibility index (Phi) is 4.07. The minimum atomic E-state index is -0.909. The maximum absolute atomic E-state index is 10.9. The van der Waals surface area contributed by atoms with Gasteiger partial charge >= 0.3 is 5.97 Å². The fraction of sp³-hybridized carbons (Fsp3) is 0.857. The Hall–Kier alpha value is -0.610. The van der Waals surface area contributed by atoms with E-state index in [1.807, 2.05) is 0 Å². The molecule has 0 aromatic heterocycles. The fourth-order valence-electron chi connectivity index (χ4n) is 0.404. The monoisotopic (exact) mass is 161 g/mol. The summed E-state index contributed by atoms with van der Waals surface area (Å²) >= 11 is 0. The van der Waals surface area contributed by atoms with Crippen molar-refractivity contribution in [2.24, 2.45) is 5.73 Å². The first-order chi connectivity index (χ1) is 4.98. The van der Waals surface area contributed by atoms with Gasteiger partial charge in [0.1, 0.15) is 12.1 Å². The molecule has 0 radical (unpaired) electrons. The molecule has 0 saturated heterocycles. The van der Waals surface area contributed by atoms with Gasteiger partial charge in [-0.3, -0.25) is 4.79 Å². The normalized spacial score (nSPS) is 11.3. The minimum Gasteiger partial charge on any atom is -0.462 e. The van der Waals surface area contributed by atoms with Crippen molar-refractivity contribution in [1.82, 2.24) is 0 Å². The van der Waals surface area contributed by atoms with E-state index in [4.69, 9.17) is 10.5 Å². The van der Waals surface area contributed by atoms with Crippen LogP contribution in [0.25, 0.3) is 0 Å². The van der Waals surface area contributed by atoms with Crippen molar-refractivity contribution < 1.29 is 14.3 Å². The SMILES string of the molecule is COCCOC(=O)C(C)(C)N. The number of carbonyl (C=O) groups excluding carboxylic acids is 1. The summed E-state index contributed by atoms with van der Waals surface area (Å²) < 4.78 is 9.44. The third-order valence-electron chi connectivity index (χ3n) is 1.05. The van der Waals surface area contributed by atoms with Gasteiger partial charge in [0.25, 0.3) is 0 Å². The second-order valence-electron chi connectivity index (χ2n) is 2.85. The quantitative estimate of drug-likeness (QED) is 0.462. The van der Waals surface area contributed by atoms with Crippen molar-refractivity contribution >= 4 is 5.97 Å². The van der Waals surface area contributed by atoms with Crippen molar-refractivity contribution in [3.63, 3.8) is 0 Å². The Morgan fingerprint density at radius 1 is 1.45 bits per heavy atom. The zero-order valence-corrected chi connectivity index (χ0v) is 7.22. The summed E-state index contributed by atoms with van der Waals surface area (Å²) in [6.45, 7) is 3.86. The van der Waals surface area contributed by atoms with Crippen LogP contribution in [0.3, 0.4) is 0 Å². The molecule has 0 heterocycles. The number of nitrogens with two attached hydrogens (primary N) is 1. The molecule has 2 N–H and O–H groups in total. The van der Waals surface area contributed by atoms with Crippen LogP contribution >= 0.6 is 0 Å². The molecular weight excluding hydrogens is 146 g/mol. The predicted octanol–water partition coefficient (Wildman–Crippen LogP) is -0.0867. The number of rotatable bonds is 4. The molecule has 0 aromatic carbocycles. The lowest BCUT2D eigenvalue weighted by Crippen LogP contribution is -2.43. The lowest BCUT2D eigenvalue weighted by Gasteiger charge is -2.16. The molecule has 0 unspecified atom stereocenters. The molecule has 0 atom stereocenters. The first kappa shape index (κ1) is 10.4. The van der Waals surface area contributed by atoms with Gasteiger partial charge in [0.05, 0.1) is 6.61 Å². The fourth-order valence-corrected chi connectivity index (χ4v) is 0.404. The first-order valence-corrected chi connectivity index (χ1v) is 3.43. The Labute approximate surface area is 66.7 Å². The number of esters is 1. The molecule has 0 aliphatic carbocycles. The van der Waals surface area contributed by atoms with Crippen LogP contribution < -0.4 is 5.73 Å². The smallest absolute Gasteiger partial charge is 0.325 e. The number of hydrogen-bond donors (Lipinski definition) is 1. The van der Waals surface area contributed by atoms with Gasteiger partial charge in [0, 0.05) is 7.11 Å². The standard InChI is InChI=1S/C7H15NO3/c1-7(2,8)6(9)11-5-4-10-3/h4-5,8H2,1-3H3. The van der Waals surface area contributed by atoms with E-state index < -0.39 is 11.5 Å². The second-order valence-corrected chi connectivity index (χ2v) is 2.85. The molecule has 0 rings (SSSR count). The lowest BCUT2D eigenvalue weighted by atomic mass is 10.1. The van der Waals surface area contributed by atoms with E-state index in [9.17, 15) is 4.79 Å². The average molecular weight is 161 g/mol. The summed E-state index contributed by atoms with van der Waals surface area (Å²) in [6, 6.07) is 0. The van der Waals surface area contributed by atoms with Crippen molar-refractivity contribution in [3.05, 3.63) is 0 Å². The van der Waals surface area contributed by atoms with E-state index >= 15 is 0 Å². The topological polar surface area (TPSA) is 61.5 Å². The van der Waals surface area contributed by atoms with E-state index in [2.05, 4.69) is 4.74 Å². The predicted molar refractivity (Wildman–Crippen MR) is 41.1 cm³/mol. The van der Waals surface area contributed by atoms with Crippen LogP contribution in [0.1, 0.15) is 13.8 Å². The van der Waals surface area contributed by atoms with Crippen molar-refractivity contribution in [2.75, 3.05) is 20.3 Å². The summed E-state index contributed by atoms with van der Waals surface area (Å²) in [4.78, 5) is 10.9. The van der Waals surface area contributed by atoms with Crippen LogP contribution in [-0.4, -0.2) is 31.8 Å². The van der Waals surface area contributed by atoms with Gasteiger partial charge in [-0.2, -0.15) is 0 Å². The first-order valence-electron chi connectivity index (χ1n) is 3.43. The van der Waals surface area contributed by atoms with E-state index in [1.54, 1.807) is 21.0 Å². The highest BCUT2D eigenvalue weighted by atomic mass is 16.6. The largest absolute Gasteiger partial charge is 0.462 e. The van der Waals surface area contributed by atoms with Gasteiger partial charge in [-0.25, -0.2) is 0 Å². The number of carbonyl (C=O) groups is 1. The Morgan fingerprint density at radius 2 is 2.00 bits per heavy atom. The summed E-state index contributed by atoms with van der Waals surface area (Å²) in [5.41, 5.74) is 4.54. The molecule has 4 heteroatoms. The summed E-state index contributed by atoms with van der Waals surface area (Å²) in [6.07, 6.45) is 0. The van der Waals surface area contributed by atoms with E-state index in [0.717, 1.165) is 0 Å². The molecule has 0 aliphatic heterocycles. The van der Waals surface area contributed by atoms with Gasteiger partial charge in [0.2, 0.25) is 0 Å². The van der Waals surface area contributed by atoms with Crippen LogP contribution in [-0.2, 0) is 14.3 Å². The molecule has 0 fully saturated rings. The van der Waals surface area contributed by atoms with Crippen LogP contribution in [0.2, 0.25) is 0 Å². The van der Waals surface area contributed by atoms with E-state index in [0.29, 0.717) is 6.61 Å². The van der Waals surface area contributed by atoms with Gasteiger partial charge in [0.15, 0.2) is 0 Å². The molecule has 0 aliphatic rings. The zero-order chi connectivity index (χ0) is 8.91. The molecule has 4 nitrogen and oxygen atoms in total. The molecule has 0 saturated carbocycles. The molecular formula is C7H15NO3. The molecule has 66 valence electrons. The summed E-state index contributed by atoms with van der Waals surface area (Å²) in [5, 5.41) is 0. The third-order valence-corrected chi connectivity index (χ3v) is 1.05. The molecule has 0 bridgehead atoms. The van der Waals surface area contributed by atoms with E-state index in [1.165, 1.54) is 0 Å². The van der Waals surface area contributed by atoms with Gasteiger partial charge in [-0.05, 0) is 13.8 Å². The maximum Gasteiger partial charge on any atom is 0.325 e. The zero-order valence-electron chi connectivity index (χ0n) is 7.22. The van der Waals surface area contributed by atoms with Crippen LogP contribution in [0.5, 0.6) is 0 Å². The average Bonchev–Trinajstić information content (AvgIpc) is 1.86. The Morgan fingerprint density at radius 3 is 2.36 bits per heavy atom. The second kappa shape index (κ2) is 4.31. The van der Waals surface area contributed by atoms with Crippen LogP contribution in [0.15, 0.2) is 0 Å².